The van der Waals surface area contributed by atoms with Crippen LogP contribution in [0.1, 0.15) is 43.0 Å². The fraction of sp³-hybridized carbons (Fsp3) is 0.500. The normalized spacial score (nSPS) is 13.4. The zero-order chi connectivity index (χ0) is 14.1. The lowest BCUT2D eigenvalue weighted by Gasteiger charge is -2.25. The average molecular weight is 269 g/mol. The summed E-state index contributed by atoms with van der Waals surface area (Å²) in [5.41, 5.74) is 14.0. The van der Waals surface area contributed by atoms with Crippen molar-refractivity contribution in [2.24, 2.45) is 16.9 Å². The van der Waals surface area contributed by atoms with Gasteiger partial charge in [-0.15, -0.1) is 0 Å². The van der Waals surface area contributed by atoms with Crippen LogP contribution in [-0.2, 0) is 4.79 Å². The Morgan fingerprint density at radius 2 is 1.83 bits per heavy atom. The number of nitrogens with two attached hydrogens (primary N) is 2. The Kier molecular flexibility index (Phi) is 4.41. The maximum absolute atomic E-state index is 11.3. The summed E-state index contributed by atoms with van der Waals surface area (Å²) in [7, 11) is 0. The van der Waals surface area contributed by atoms with Crippen LogP contribution in [0.15, 0.2) is 12.1 Å². The Labute approximate surface area is 113 Å². The SMILES string of the molecule is Cc1cc(Cl)c(C(N)CC(C)(C)C(N)=O)cc1C. The second kappa shape index (κ2) is 5.29. The van der Waals surface area contributed by atoms with Gasteiger partial charge in [-0.3, -0.25) is 4.79 Å². The van der Waals surface area contributed by atoms with E-state index in [1.807, 2.05) is 26.0 Å². The molecule has 0 aliphatic rings. The number of carbonyl (C=O) groups excluding carboxylic acids is 1. The topological polar surface area (TPSA) is 69.1 Å². The maximum atomic E-state index is 11.3. The van der Waals surface area contributed by atoms with Crippen molar-refractivity contribution in [2.45, 2.75) is 40.2 Å². The number of rotatable bonds is 4. The summed E-state index contributed by atoms with van der Waals surface area (Å²) in [6, 6.07) is 3.60. The van der Waals surface area contributed by atoms with Crippen LogP contribution in [0.3, 0.4) is 0 Å². The van der Waals surface area contributed by atoms with Crippen molar-refractivity contribution in [3.05, 3.63) is 33.8 Å². The van der Waals surface area contributed by atoms with Gasteiger partial charge in [0.1, 0.15) is 0 Å². The van der Waals surface area contributed by atoms with E-state index in [4.69, 9.17) is 23.1 Å². The summed E-state index contributed by atoms with van der Waals surface area (Å²) < 4.78 is 0. The molecule has 1 rings (SSSR count). The predicted octanol–water partition coefficient (Wildman–Crippen LogP) is 2.86. The Hall–Kier alpha value is -1.06. The zero-order valence-corrected chi connectivity index (χ0v) is 12.1. The highest BCUT2D eigenvalue weighted by Crippen LogP contribution is 2.32. The number of hydrogen-bond acceptors (Lipinski definition) is 2. The molecule has 0 saturated carbocycles. The molecule has 1 amide bonds. The van der Waals surface area contributed by atoms with Crippen molar-refractivity contribution in [1.82, 2.24) is 0 Å². The smallest absolute Gasteiger partial charge is 0.223 e. The van der Waals surface area contributed by atoms with Crippen LogP contribution in [-0.4, -0.2) is 5.91 Å². The molecule has 18 heavy (non-hydrogen) atoms. The van der Waals surface area contributed by atoms with Crippen molar-refractivity contribution < 1.29 is 4.79 Å². The third kappa shape index (κ3) is 3.24. The van der Waals surface area contributed by atoms with E-state index in [0.717, 1.165) is 16.7 Å². The maximum Gasteiger partial charge on any atom is 0.223 e. The van der Waals surface area contributed by atoms with Crippen molar-refractivity contribution in [1.29, 1.82) is 0 Å². The van der Waals surface area contributed by atoms with E-state index in [9.17, 15) is 4.79 Å². The van der Waals surface area contributed by atoms with Crippen LogP contribution in [0.25, 0.3) is 0 Å². The number of primary amides is 1. The summed E-state index contributed by atoms with van der Waals surface area (Å²) >= 11 is 6.21. The van der Waals surface area contributed by atoms with E-state index in [2.05, 4.69) is 0 Å². The molecule has 0 aliphatic carbocycles. The third-order valence-corrected chi connectivity index (χ3v) is 3.74. The molecule has 0 radical (unpaired) electrons. The lowest BCUT2D eigenvalue weighted by Crippen LogP contribution is -2.34. The number of amides is 1. The van der Waals surface area contributed by atoms with Crippen molar-refractivity contribution in [3.8, 4) is 0 Å². The summed E-state index contributed by atoms with van der Waals surface area (Å²) in [5, 5.41) is 0.644. The standard InChI is InChI=1S/C14H21ClN2O/c1-8-5-10(11(15)6-9(8)2)12(16)7-14(3,4)13(17)18/h5-6,12H,7,16H2,1-4H3,(H2,17,18). The number of hydrogen-bond donors (Lipinski definition) is 2. The van der Waals surface area contributed by atoms with E-state index in [-0.39, 0.29) is 11.9 Å². The number of halogens is 1. The van der Waals surface area contributed by atoms with Gasteiger partial charge in [0.05, 0.1) is 0 Å². The molecule has 1 atom stereocenters. The molecule has 4 N–H and O–H groups in total. The minimum atomic E-state index is -0.637. The van der Waals surface area contributed by atoms with E-state index >= 15 is 0 Å². The third-order valence-electron chi connectivity index (χ3n) is 3.41. The molecular weight excluding hydrogens is 248 g/mol. The van der Waals surface area contributed by atoms with E-state index in [0.29, 0.717) is 11.4 Å². The van der Waals surface area contributed by atoms with Gasteiger partial charge in [0, 0.05) is 16.5 Å². The predicted molar refractivity (Wildman–Crippen MR) is 75.4 cm³/mol. The van der Waals surface area contributed by atoms with Crippen LogP contribution >= 0.6 is 11.6 Å². The first-order valence-corrected chi connectivity index (χ1v) is 6.35. The van der Waals surface area contributed by atoms with E-state index < -0.39 is 5.41 Å². The van der Waals surface area contributed by atoms with Gasteiger partial charge in [-0.1, -0.05) is 31.5 Å². The van der Waals surface area contributed by atoms with Crippen LogP contribution in [0.2, 0.25) is 5.02 Å². The fourth-order valence-corrected chi connectivity index (χ4v) is 2.21. The van der Waals surface area contributed by atoms with Crippen molar-refractivity contribution >= 4 is 17.5 Å². The first kappa shape index (κ1) is 15.0. The Bertz CT molecular complexity index is 469. The average Bonchev–Trinajstić information content (AvgIpc) is 2.22. The molecule has 100 valence electrons. The second-order valence-electron chi connectivity index (χ2n) is 5.52. The molecule has 0 heterocycles. The minimum Gasteiger partial charge on any atom is -0.369 e. The van der Waals surface area contributed by atoms with E-state index in [1.165, 1.54) is 0 Å². The Morgan fingerprint density at radius 1 is 1.33 bits per heavy atom. The van der Waals surface area contributed by atoms with Crippen molar-refractivity contribution in [3.63, 3.8) is 0 Å². The first-order chi connectivity index (χ1) is 8.15. The van der Waals surface area contributed by atoms with Gasteiger partial charge in [-0.2, -0.15) is 0 Å². The zero-order valence-electron chi connectivity index (χ0n) is 11.4. The highest BCUT2D eigenvalue weighted by atomic mass is 35.5. The summed E-state index contributed by atoms with van der Waals surface area (Å²) in [6.07, 6.45) is 0.477. The molecule has 0 saturated heterocycles. The molecule has 0 aliphatic heterocycles. The Balaban J connectivity index is 3.01. The monoisotopic (exact) mass is 268 g/mol. The minimum absolute atomic E-state index is 0.292. The lowest BCUT2D eigenvalue weighted by atomic mass is 9.83. The van der Waals surface area contributed by atoms with Gasteiger partial charge in [0.15, 0.2) is 0 Å². The van der Waals surface area contributed by atoms with Crippen molar-refractivity contribution in [2.75, 3.05) is 0 Å². The first-order valence-electron chi connectivity index (χ1n) is 5.97. The van der Waals surface area contributed by atoms with Crippen LogP contribution in [0.5, 0.6) is 0 Å². The highest BCUT2D eigenvalue weighted by Gasteiger charge is 2.28. The highest BCUT2D eigenvalue weighted by molar-refractivity contribution is 6.31. The van der Waals surface area contributed by atoms with Gasteiger partial charge >= 0.3 is 0 Å². The van der Waals surface area contributed by atoms with Crippen LogP contribution in [0.4, 0.5) is 0 Å². The molecule has 4 heteroatoms. The van der Waals surface area contributed by atoms with Gasteiger partial charge in [-0.05, 0) is 43.0 Å². The molecule has 3 nitrogen and oxygen atoms in total. The molecule has 0 fully saturated rings. The van der Waals surface area contributed by atoms with Gasteiger partial charge < -0.3 is 11.5 Å². The van der Waals surface area contributed by atoms with Gasteiger partial charge in [-0.25, -0.2) is 0 Å². The molecule has 0 aromatic heterocycles. The van der Waals surface area contributed by atoms with Crippen LogP contribution in [0, 0.1) is 19.3 Å². The molecule has 1 aromatic rings. The van der Waals surface area contributed by atoms with Gasteiger partial charge in [0.25, 0.3) is 0 Å². The van der Waals surface area contributed by atoms with Gasteiger partial charge in [0.2, 0.25) is 5.91 Å². The fourth-order valence-electron chi connectivity index (χ4n) is 1.85. The number of benzene rings is 1. The number of carbonyl (C=O) groups is 1. The lowest BCUT2D eigenvalue weighted by molar-refractivity contribution is -0.126. The summed E-state index contributed by atoms with van der Waals surface area (Å²) in [4.78, 5) is 11.3. The molecule has 0 bridgehead atoms. The molecular formula is C14H21ClN2O. The quantitative estimate of drug-likeness (QED) is 0.882. The number of aryl methyl sites for hydroxylation is 2. The summed E-state index contributed by atoms with van der Waals surface area (Å²) in [5.74, 6) is -0.349. The molecule has 1 unspecified atom stereocenters. The molecule has 0 spiro atoms. The second-order valence-corrected chi connectivity index (χ2v) is 5.92. The molecule has 1 aromatic carbocycles. The van der Waals surface area contributed by atoms with E-state index in [1.54, 1.807) is 13.8 Å². The summed E-state index contributed by atoms with van der Waals surface area (Å²) in [6.45, 7) is 7.61. The van der Waals surface area contributed by atoms with Crippen LogP contribution < -0.4 is 11.5 Å². The Morgan fingerprint density at radius 3 is 2.33 bits per heavy atom. The largest absolute Gasteiger partial charge is 0.369 e.